The van der Waals surface area contributed by atoms with Gasteiger partial charge in [0.25, 0.3) is 5.56 Å². The Balaban J connectivity index is 2.20. The van der Waals surface area contributed by atoms with Gasteiger partial charge in [0.1, 0.15) is 0 Å². The third kappa shape index (κ3) is 3.90. The topological polar surface area (TPSA) is 109 Å². The molecule has 3 N–H and O–H groups in total. The van der Waals surface area contributed by atoms with Crippen LogP contribution in [0.2, 0.25) is 0 Å². The van der Waals surface area contributed by atoms with Gasteiger partial charge in [-0.05, 0) is 19.1 Å². The molecule has 1 heterocycles. The van der Waals surface area contributed by atoms with Gasteiger partial charge in [0.2, 0.25) is 5.95 Å². The summed E-state index contributed by atoms with van der Waals surface area (Å²) in [6.07, 6.45) is 1.80. The highest BCUT2D eigenvalue weighted by molar-refractivity contribution is 5.85. The number of H-pyrrole nitrogens is 1. The first-order valence-corrected chi connectivity index (χ1v) is 7.31. The number of nitrogens with zero attached hydrogens (tertiary/aromatic N) is 2. The first-order chi connectivity index (χ1) is 11.6. The molecule has 8 nitrogen and oxygen atoms in total. The molecule has 24 heavy (non-hydrogen) atoms. The van der Waals surface area contributed by atoms with Gasteiger partial charge in [-0.1, -0.05) is 6.07 Å². The van der Waals surface area contributed by atoms with E-state index in [-0.39, 0.29) is 24.5 Å². The molecule has 0 saturated carbocycles. The zero-order chi connectivity index (χ0) is 17.5. The minimum Gasteiger partial charge on any atom is -0.493 e. The van der Waals surface area contributed by atoms with Crippen molar-refractivity contribution in [1.29, 1.82) is 0 Å². The Kier molecular flexibility index (Phi) is 5.91. The van der Waals surface area contributed by atoms with Crippen molar-refractivity contribution in [1.82, 2.24) is 9.97 Å². The summed E-state index contributed by atoms with van der Waals surface area (Å²) in [5.74, 6) is 1.37. The van der Waals surface area contributed by atoms with Crippen LogP contribution in [0.25, 0.3) is 0 Å². The van der Waals surface area contributed by atoms with Gasteiger partial charge in [0.05, 0.1) is 26.1 Å². The zero-order valence-electron chi connectivity index (χ0n) is 13.8. The number of hydrogen-bond donors (Lipinski definition) is 3. The molecule has 8 heteroatoms. The average molecular weight is 332 g/mol. The van der Waals surface area contributed by atoms with Gasteiger partial charge in [-0.25, -0.2) is 10.4 Å². The Morgan fingerprint density at radius 2 is 2.17 bits per heavy atom. The van der Waals surface area contributed by atoms with Gasteiger partial charge < -0.3 is 14.6 Å². The molecule has 0 bridgehead atoms. The third-order valence-corrected chi connectivity index (χ3v) is 3.39. The minimum absolute atomic E-state index is 0.105. The number of para-hydroxylation sites is 1. The molecule has 0 aliphatic heterocycles. The maximum atomic E-state index is 11.9. The second-order valence-corrected chi connectivity index (χ2v) is 4.90. The van der Waals surface area contributed by atoms with Crippen LogP contribution < -0.4 is 20.5 Å². The fourth-order valence-electron chi connectivity index (χ4n) is 2.25. The first-order valence-electron chi connectivity index (χ1n) is 7.31. The molecule has 0 aliphatic carbocycles. The number of nitrogens with one attached hydrogen (secondary N) is 2. The number of hydrazone groups is 1. The van der Waals surface area contributed by atoms with Gasteiger partial charge in [0, 0.05) is 24.2 Å². The number of ether oxygens (including phenoxy) is 2. The Bertz CT molecular complexity index is 786. The van der Waals surface area contributed by atoms with Crippen LogP contribution in [0.4, 0.5) is 5.95 Å². The summed E-state index contributed by atoms with van der Waals surface area (Å²) in [6.45, 7) is 1.60. The van der Waals surface area contributed by atoms with E-state index in [1.165, 1.54) is 6.21 Å². The second kappa shape index (κ2) is 8.11. The molecular formula is C16H20N4O4. The summed E-state index contributed by atoms with van der Waals surface area (Å²) in [6, 6.07) is 5.42. The van der Waals surface area contributed by atoms with Crippen molar-refractivity contribution >= 4 is 12.2 Å². The van der Waals surface area contributed by atoms with Gasteiger partial charge in [-0.3, -0.25) is 9.78 Å². The van der Waals surface area contributed by atoms with Crippen LogP contribution in [0.5, 0.6) is 11.5 Å². The summed E-state index contributed by atoms with van der Waals surface area (Å²) in [5.41, 5.74) is 4.09. The smallest absolute Gasteiger partial charge is 0.255 e. The predicted molar refractivity (Wildman–Crippen MR) is 91.1 cm³/mol. The molecule has 0 aliphatic rings. The predicted octanol–water partition coefficient (Wildman–Crippen LogP) is 1.08. The number of aliphatic hydroxyl groups is 1. The van der Waals surface area contributed by atoms with E-state index in [9.17, 15) is 4.79 Å². The lowest BCUT2D eigenvalue weighted by atomic mass is 10.2. The highest BCUT2D eigenvalue weighted by Gasteiger charge is 2.08. The molecule has 0 atom stereocenters. The van der Waals surface area contributed by atoms with Gasteiger partial charge >= 0.3 is 0 Å². The molecule has 1 aromatic heterocycles. The van der Waals surface area contributed by atoms with Crippen LogP contribution in [0.15, 0.2) is 28.1 Å². The number of aromatic nitrogens is 2. The van der Waals surface area contributed by atoms with Crippen molar-refractivity contribution in [3.63, 3.8) is 0 Å². The molecule has 2 aromatic rings. The average Bonchev–Trinajstić information content (AvgIpc) is 2.57. The SMILES string of the molecule is COc1cccc(/C=N\Nc2nc(C)c(CCO)c(=O)[nH]2)c1OC. The maximum absolute atomic E-state index is 11.9. The van der Waals surface area contributed by atoms with E-state index >= 15 is 0 Å². The van der Waals surface area contributed by atoms with Crippen LogP contribution >= 0.6 is 0 Å². The Morgan fingerprint density at radius 3 is 2.79 bits per heavy atom. The Hall–Kier alpha value is -2.87. The molecular weight excluding hydrogens is 312 g/mol. The summed E-state index contributed by atoms with van der Waals surface area (Å²) in [7, 11) is 3.10. The summed E-state index contributed by atoms with van der Waals surface area (Å²) < 4.78 is 10.5. The largest absolute Gasteiger partial charge is 0.493 e. The lowest BCUT2D eigenvalue weighted by Gasteiger charge is -2.09. The maximum Gasteiger partial charge on any atom is 0.255 e. The van der Waals surface area contributed by atoms with Crippen molar-refractivity contribution < 1.29 is 14.6 Å². The number of rotatable bonds is 7. The Labute approximate surface area is 139 Å². The van der Waals surface area contributed by atoms with Gasteiger partial charge in [-0.2, -0.15) is 5.10 Å². The van der Waals surface area contributed by atoms with E-state index in [2.05, 4.69) is 20.5 Å². The second-order valence-electron chi connectivity index (χ2n) is 4.90. The quantitative estimate of drug-likeness (QED) is 0.517. The van der Waals surface area contributed by atoms with Crippen LogP contribution in [-0.2, 0) is 6.42 Å². The first kappa shape index (κ1) is 17.5. The number of aryl methyl sites for hydroxylation is 1. The van der Waals surface area contributed by atoms with Crippen molar-refractivity contribution in [2.45, 2.75) is 13.3 Å². The number of anilines is 1. The van der Waals surface area contributed by atoms with Crippen LogP contribution in [0, 0.1) is 6.92 Å². The van der Waals surface area contributed by atoms with E-state index < -0.39 is 0 Å². The zero-order valence-corrected chi connectivity index (χ0v) is 13.8. The number of aliphatic hydroxyl groups excluding tert-OH is 1. The number of aromatic amines is 1. The third-order valence-electron chi connectivity index (χ3n) is 3.39. The van der Waals surface area contributed by atoms with Crippen LogP contribution in [-0.4, -0.2) is 42.1 Å². The van der Waals surface area contributed by atoms with Crippen molar-refractivity contribution in [2.75, 3.05) is 26.3 Å². The lowest BCUT2D eigenvalue weighted by molar-refractivity contribution is 0.298. The molecule has 0 unspecified atom stereocenters. The van der Waals surface area contributed by atoms with Crippen LogP contribution in [0.3, 0.4) is 0 Å². The van der Waals surface area contributed by atoms with E-state index in [1.807, 2.05) is 12.1 Å². The summed E-state index contributed by atoms with van der Waals surface area (Å²) in [4.78, 5) is 18.7. The fourth-order valence-corrected chi connectivity index (χ4v) is 2.25. The van der Waals surface area contributed by atoms with E-state index in [4.69, 9.17) is 14.6 Å². The van der Waals surface area contributed by atoms with Crippen molar-refractivity contribution in [3.05, 3.63) is 45.4 Å². The Morgan fingerprint density at radius 1 is 1.38 bits per heavy atom. The minimum atomic E-state index is -0.298. The summed E-state index contributed by atoms with van der Waals surface area (Å²) >= 11 is 0. The molecule has 2 rings (SSSR count). The molecule has 0 saturated heterocycles. The number of hydrogen-bond acceptors (Lipinski definition) is 7. The molecule has 0 fully saturated rings. The standard InChI is InChI=1S/C16H20N4O4/c1-10-12(7-8-21)15(22)19-16(18-10)20-17-9-11-5-4-6-13(23-2)14(11)24-3/h4-6,9,21H,7-8H2,1-3H3,(H2,18,19,20,22)/b17-9-. The van der Waals surface area contributed by atoms with E-state index in [0.29, 0.717) is 28.3 Å². The molecule has 0 spiro atoms. The monoisotopic (exact) mass is 332 g/mol. The number of methoxy groups -OCH3 is 2. The van der Waals surface area contributed by atoms with Gasteiger partial charge in [-0.15, -0.1) is 0 Å². The number of benzene rings is 1. The fraction of sp³-hybridized carbons (Fsp3) is 0.312. The molecule has 0 radical (unpaired) electrons. The van der Waals surface area contributed by atoms with Gasteiger partial charge in [0.15, 0.2) is 11.5 Å². The van der Waals surface area contributed by atoms with Crippen LogP contribution in [0.1, 0.15) is 16.8 Å². The summed E-state index contributed by atoms with van der Waals surface area (Å²) in [5, 5.41) is 13.0. The molecule has 0 amide bonds. The lowest BCUT2D eigenvalue weighted by Crippen LogP contribution is -2.19. The normalized spacial score (nSPS) is 10.8. The molecule has 1 aromatic carbocycles. The van der Waals surface area contributed by atoms with Crippen molar-refractivity contribution in [3.8, 4) is 11.5 Å². The van der Waals surface area contributed by atoms with Crippen molar-refractivity contribution in [2.24, 2.45) is 5.10 Å². The van der Waals surface area contributed by atoms with E-state index in [0.717, 1.165) is 0 Å². The molecule has 128 valence electrons. The highest BCUT2D eigenvalue weighted by atomic mass is 16.5. The van der Waals surface area contributed by atoms with E-state index in [1.54, 1.807) is 27.2 Å². The highest BCUT2D eigenvalue weighted by Crippen LogP contribution is 2.29.